The summed E-state index contributed by atoms with van der Waals surface area (Å²) < 4.78 is 0. The molecule has 1 N–H and O–H groups in total. The van der Waals surface area contributed by atoms with Crippen LogP contribution in [0.1, 0.15) is 5.56 Å². The highest BCUT2D eigenvalue weighted by Crippen LogP contribution is 2.53. The number of hydrogen-bond acceptors (Lipinski definition) is 4. The Balaban J connectivity index is 2.76. The lowest BCUT2D eigenvalue weighted by atomic mass is 9.97. The van der Waals surface area contributed by atoms with Crippen molar-refractivity contribution in [2.45, 2.75) is 6.92 Å². The van der Waals surface area contributed by atoms with Crippen molar-refractivity contribution in [2.24, 2.45) is 0 Å². The van der Waals surface area contributed by atoms with E-state index in [0.29, 0.717) is 0 Å². The number of phenols is 1. The highest BCUT2D eigenvalue weighted by molar-refractivity contribution is 6.56. The van der Waals surface area contributed by atoms with Gasteiger partial charge in [-0.2, -0.15) is 0 Å². The second-order valence-corrected chi connectivity index (χ2v) is 6.61. The first kappa shape index (κ1) is 17.2. The van der Waals surface area contributed by atoms with E-state index in [1.54, 1.807) is 0 Å². The molecule has 0 radical (unpaired) electrons. The van der Waals surface area contributed by atoms with Gasteiger partial charge in [-0.05, 0) is 17.7 Å². The summed E-state index contributed by atoms with van der Waals surface area (Å²) in [5.74, 6) is -1.17. The fourth-order valence-electron chi connectivity index (χ4n) is 2.69. The second-order valence-electron chi connectivity index (χ2n) is 5.09. The number of rotatable bonds is 1. The molecule has 0 saturated heterocycles. The molecule has 0 fully saturated rings. The second kappa shape index (κ2) is 5.70. The van der Waals surface area contributed by atoms with Crippen molar-refractivity contribution >= 4 is 73.6 Å². The largest absolute Gasteiger partial charge is 0.872 e. The van der Waals surface area contributed by atoms with Crippen LogP contribution in [0.2, 0.25) is 20.1 Å². The van der Waals surface area contributed by atoms with Gasteiger partial charge in [0, 0.05) is 10.9 Å². The molecule has 3 aromatic rings. The van der Waals surface area contributed by atoms with Crippen LogP contribution in [0.15, 0.2) is 12.1 Å². The topological polar surface area (TPSA) is 86.4 Å². The molecule has 0 aliphatic heterocycles. The van der Waals surface area contributed by atoms with Crippen molar-refractivity contribution in [3.63, 3.8) is 0 Å². The van der Waals surface area contributed by atoms with E-state index >= 15 is 0 Å². The Hall–Kier alpha value is -1.66. The number of nitrogens with zero attached hydrogens (tertiary/aromatic N) is 1. The molecule has 24 heavy (non-hydrogen) atoms. The summed E-state index contributed by atoms with van der Waals surface area (Å²) in [5, 5.41) is 33.6. The maximum absolute atomic E-state index is 12.8. The minimum absolute atomic E-state index is 0.0614. The number of halogens is 4. The van der Waals surface area contributed by atoms with Crippen LogP contribution in [-0.2, 0) is 0 Å². The Morgan fingerprint density at radius 2 is 1.50 bits per heavy atom. The normalized spacial score (nSPS) is 11.4. The molecule has 9 heteroatoms. The Morgan fingerprint density at radius 1 is 0.958 bits per heavy atom. The first-order valence-electron chi connectivity index (χ1n) is 6.43. The molecule has 0 unspecified atom stereocenters. The first-order valence-corrected chi connectivity index (χ1v) is 7.94. The van der Waals surface area contributed by atoms with Crippen LogP contribution in [-0.4, -0.2) is 10.0 Å². The molecule has 0 aliphatic rings. The fourth-order valence-corrected chi connectivity index (χ4v) is 3.71. The van der Waals surface area contributed by atoms with Gasteiger partial charge in [-0.25, -0.2) is 0 Å². The Morgan fingerprint density at radius 3 is 2.04 bits per heavy atom. The van der Waals surface area contributed by atoms with Gasteiger partial charge in [-0.15, -0.1) is 0 Å². The SMILES string of the molecule is Cc1ccc2c([O-])c3c(Cl)c(Cl)c(Cl)c(Cl)c3c(O)c2c1[N+](=O)[O-]. The molecule has 3 aromatic carbocycles. The number of aryl methyl sites for hydroxylation is 1. The van der Waals surface area contributed by atoms with E-state index in [1.165, 1.54) is 19.1 Å². The maximum atomic E-state index is 12.8. The van der Waals surface area contributed by atoms with E-state index in [4.69, 9.17) is 46.4 Å². The monoisotopic (exact) mass is 404 g/mol. The molecule has 0 spiro atoms. The predicted octanol–water partition coefficient (Wildman–Crippen LogP) is 5.60. The lowest BCUT2D eigenvalue weighted by Crippen LogP contribution is -1.99. The smallest absolute Gasteiger partial charge is 0.283 e. The highest BCUT2D eigenvalue weighted by Gasteiger charge is 2.25. The first-order chi connectivity index (χ1) is 11.2. The summed E-state index contributed by atoms with van der Waals surface area (Å²) in [6, 6.07) is 2.80. The van der Waals surface area contributed by atoms with Gasteiger partial charge in [0.2, 0.25) is 0 Å². The lowest BCUT2D eigenvalue weighted by Gasteiger charge is -2.20. The van der Waals surface area contributed by atoms with E-state index in [-0.39, 0.29) is 52.9 Å². The highest BCUT2D eigenvalue weighted by atomic mass is 35.5. The molecule has 0 aromatic heterocycles. The minimum Gasteiger partial charge on any atom is -0.872 e. The van der Waals surface area contributed by atoms with Gasteiger partial charge >= 0.3 is 0 Å². The zero-order valence-electron chi connectivity index (χ0n) is 11.8. The molecule has 5 nitrogen and oxygen atoms in total. The van der Waals surface area contributed by atoms with Crippen LogP contribution in [0.3, 0.4) is 0 Å². The van der Waals surface area contributed by atoms with Crippen molar-refractivity contribution in [3.8, 4) is 11.5 Å². The molecule has 124 valence electrons. The van der Waals surface area contributed by atoms with Crippen LogP contribution < -0.4 is 5.11 Å². The van der Waals surface area contributed by atoms with Crippen molar-refractivity contribution in [3.05, 3.63) is 47.9 Å². The van der Waals surface area contributed by atoms with Crippen LogP contribution >= 0.6 is 46.4 Å². The third-order valence-corrected chi connectivity index (χ3v) is 5.58. The Bertz CT molecular complexity index is 1070. The van der Waals surface area contributed by atoms with Crippen molar-refractivity contribution < 1.29 is 15.1 Å². The number of hydrogen-bond donors (Lipinski definition) is 1. The van der Waals surface area contributed by atoms with Gasteiger partial charge in [0.15, 0.2) is 0 Å². The molecule has 0 bridgehead atoms. The minimum atomic E-state index is -0.671. The van der Waals surface area contributed by atoms with Crippen molar-refractivity contribution in [1.29, 1.82) is 0 Å². The lowest BCUT2D eigenvalue weighted by molar-refractivity contribution is -0.383. The van der Waals surface area contributed by atoms with Crippen LogP contribution in [0, 0.1) is 17.0 Å². The number of benzene rings is 3. The zero-order valence-corrected chi connectivity index (χ0v) is 14.8. The van der Waals surface area contributed by atoms with Crippen LogP contribution in [0.25, 0.3) is 21.5 Å². The standard InChI is InChI=1S/C15H7Cl4NO4/c1-4-2-3-5-6(13(4)20(23)24)15(22)8-7(14(5)21)9(16)11(18)12(19)10(8)17/h2-3,21-22H,1H3/p-1. The quantitative estimate of drug-likeness (QED) is 0.187. The summed E-state index contributed by atoms with van der Waals surface area (Å²) in [6.45, 7) is 1.50. The number of nitro groups is 1. The molecule has 0 amide bonds. The Kier molecular flexibility index (Phi) is 4.08. The summed E-state index contributed by atoms with van der Waals surface area (Å²) >= 11 is 24.1. The summed E-state index contributed by atoms with van der Waals surface area (Å²) in [5.41, 5.74) is -0.105. The molecule has 3 rings (SSSR count). The third-order valence-electron chi connectivity index (χ3n) is 3.77. The predicted molar refractivity (Wildman–Crippen MR) is 94.0 cm³/mol. The van der Waals surface area contributed by atoms with E-state index in [2.05, 4.69) is 0 Å². The maximum Gasteiger partial charge on any atom is 0.283 e. The van der Waals surface area contributed by atoms with Crippen LogP contribution in [0.5, 0.6) is 11.5 Å². The fraction of sp³-hybridized carbons (Fsp3) is 0.0667. The zero-order chi connectivity index (χ0) is 17.9. The van der Waals surface area contributed by atoms with Crippen LogP contribution in [0.4, 0.5) is 5.69 Å². The van der Waals surface area contributed by atoms with E-state index in [0.717, 1.165) is 0 Å². The van der Waals surface area contributed by atoms with E-state index in [1.807, 2.05) is 0 Å². The number of phenolic OH excluding ortho intramolecular Hbond substituents is 1. The summed E-state index contributed by atoms with van der Waals surface area (Å²) in [7, 11) is 0. The van der Waals surface area contributed by atoms with E-state index in [9.17, 15) is 20.3 Å². The summed E-state index contributed by atoms with van der Waals surface area (Å²) in [4.78, 5) is 10.7. The molecule has 0 atom stereocenters. The van der Waals surface area contributed by atoms with Crippen molar-refractivity contribution in [2.75, 3.05) is 0 Å². The summed E-state index contributed by atoms with van der Waals surface area (Å²) in [6.07, 6.45) is 0. The van der Waals surface area contributed by atoms with Crippen molar-refractivity contribution in [1.82, 2.24) is 0 Å². The molecule has 0 heterocycles. The number of nitro benzene ring substituents is 1. The average molecular weight is 406 g/mol. The van der Waals surface area contributed by atoms with Gasteiger partial charge in [-0.3, -0.25) is 10.1 Å². The Labute approximate surface area is 155 Å². The van der Waals surface area contributed by atoms with E-state index < -0.39 is 16.4 Å². The molecular formula is C15H6Cl4NO4-. The van der Waals surface area contributed by atoms with Gasteiger partial charge < -0.3 is 10.2 Å². The van der Waals surface area contributed by atoms with Gasteiger partial charge in [0.25, 0.3) is 5.69 Å². The number of aromatic hydroxyl groups is 1. The average Bonchev–Trinajstić information content (AvgIpc) is 2.53. The van der Waals surface area contributed by atoms with Gasteiger partial charge in [0.05, 0.1) is 25.0 Å². The van der Waals surface area contributed by atoms with Gasteiger partial charge in [0.1, 0.15) is 11.1 Å². The van der Waals surface area contributed by atoms with Gasteiger partial charge in [-0.1, -0.05) is 64.3 Å². The molecule has 0 saturated carbocycles. The molecule has 0 aliphatic carbocycles. The molecular weight excluding hydrogens is 400 g/mol. The number of fused-ring (bicyclic) bond motifs is 2. The third kappa shape index (κ3) is 2.16.